The van der Waals surface area contributed by atoms with Crippen molar-refractivity contribution in [2.45, 2.75) is 0 Å². The third-order valence-electron chi connectivity index (χ3n) is 8.67. The molecule has 12 heteroatoms. The Morgan fingerprint density at radius 3 is 1.75 bits per heavy atom. The summed E-state index contributed by atoms with van der Waals surface area (Å²) >= 11 is 7.04. The van der Waals surface area contributed by atoms with Crippen LogP contribution in [0.15, 0.2) is 151 Å². The first-order valence-corrected chi connectivity index (χ1v) is 18.9. The van der Waals surface area contributed by atoms with Crippen molar-refractivity contribution in [3.05, 3.63) is 171 Å². The molecule has 1 aliphatic heterocycles. The number of thiazole rings is 1. The van der Waals surface area contributed by atoms with Gasteiger partial charge in [-0.2, -0.15) is 0 Å². The molecule has 1 aromatic heterocycles. The molecule has 5 aromatic carbocycles. The first-order valence-electron chi connectivity index (χ1n) is 16.8. The minimum Gasteiger partial charge on any atom is -0.480 e. The molecule has 0 bridgehead atoms. The highest BCUT2D eigenvalue weighted by Gasteiger charge is 2.35. The molecular weight excluding hydrogens is 751 g/mol. The fourth-order valence-electron chi connectivity index (χ4n) is 6.01. The van der Waals surface area contributed by atoms with Gasteiger partial charge in [0.25, 0.3) is 11.5 Å². The van der Waals surface area contributed by atoms with Gasteiger partial charge in [0.05, 0.1) is 4.53 Å². The van der Waals surface area contributed by atoms with Gasteiger partial charge < -0.3 is 14.9 Å². The minimum absolute atomic E-state index is 0.0275. The number of nitrogens with zero attached hydrogens (tertiary/aromatic N) is 3. The first kappa shape index (κ1) is 37.0. The summed E-state index contributed by atoms with van der Waals surface area (Å²) in [7, 11) is 0. The zero-order chi connectivity index (χ0) is 38.5. The number of carbonyl (C=O) groups is 2. The Morgan fingerprint density at radius 1 is 0.764 bits per heavy atom. The van der Waals surface area contributed by atoms with Crippen LogP contribution in [0.4, 0.5) is 17.1 Å². The minimum atomic E-state index is -1.24. The normalized spacial score (nSPS) is 14.1. The van der Waals surface area contributed by atoms with Crippen molar-refractivity contribution in [1.29, 1.82) is 0 Å². The van der Waals surface area contributed by atoms with E-state index in [1.54, 1.807) is 12.2 Å². The molecular formula is C43H31N3O6S3. The largest absolute Gasteiger partial charge is 0.480 e. The lowest BCUT2D eigenvalue weighted by molar-refractivity contribution is -0.176. The Labute approximate surface area is 329 Å². The van der Waals surface area contributed by atoms with Crippen molar-refractivity contribution in [2.24, 2.45) is 0 Å². The van der Waals surface area contributed by atoms with Gasteiger partial charge in [-0.15, -0.1) is 11.3 Å². The number of allylic oxidation sites excluding steroid dienone is 1. The van der Waals surface area contributed by atoms with Crippen LogP contribution in [0.5, 0.6) is 0 Å². The molecule has 2 N–H and O–H groups in total. The SMILES string of the molecule is C=C(OO)n1c(=O)/c(=C\C=C\c2ccc(N(c3ccc(-c4ccccc4)cc3)c3ccc(-c4ccccc4)cc3)cc2)s/c1=C1/SC(=S)N(CC(=O)O)C1=O. The van der Waals surface area contributed by atoms with Gasteiger partial charge in [-0.05, 0) is 76.9 Å². The Morgan fingerprint density at radius 2 is 1.25 bits per heavy atom. The first-order chi connectivity index (χ1) is 26.7. The molecule has 55 heavy (non-hydrogen) atoms. The van der Waals surface area contributed by atoms with E-state index in [0.717, 1.165) is 77.4 Å². The van der Waals surface area contributed by atoms with Crippen LogP contribution in [0.25, 0.3) is 45.2 Å². The van der Waals surface area contributed by atoms with Crippen LogP contribution in [0, 0.1) is 0 Å². The number of hydrogen-bond acceptors (Lipinski definition) is 9. The third kappa shape index (κ3) is 7.98. The number of rotatable bonds is 11. The molecule has 1 saturated heterocycles. The van der Waals surface area contributed by atoms with E-state index < -0.39 is 29.9 Å². The van der Waals surface area contributed by atoms with Crippen LogP contribution < -0.4 is 19.7 Å². The molecule has 1 aliphatic rings. The Hall–Kier alpha value is -6.31. The molecule has 0 saturated carbocycles. The Balaban J connectivity index is 1.20. The summed E-state index contributed by atoms with van der Waals surface area (Å²) in [5.41, 5.74) is 7.72. The fraction of sp³-hybridized carbons (Fsp3) is 0.0233. The quantitative estimate of drug-likeness (QED) is 0.0582. The molecule has 9 nitrogen and oxygen atoms in total. The molecule has 0 unspecified atom stereocenters. The number of hydrogen-bond donors (Lipinski definition) is 2. The fourth-order valence-corrected chi connectivity index (χ4v) is 8.46. The number of thiocarbonyl (C=S) groups is 1. The zero-order valence-corrected chi connectivity index (χ0v) is 31.4. The summed E-state index contributed by atoms with van der Waals surface area (Å²) in [4.78, 5) is 45.2. The molecule has 0 atom stereocenters. The second kappa shape index (κ2) is 16.4. The van der Waals surface area contributed by atoms with Crippen LogP contribution in [-0.4, -0.2) is 42.6 Å². The maximum absolute atomic E-state index is 13.4. The number of aliphatic carboxylic acids is 1. The number of aromatic nitrogens is 1. The molecule has 1 amide bonds. The van der Waals surface area contributed by atoms with Crippen molar-refractivity contribution in [3.8, 4) is 22.3 Å². The van der Waals surface area contributed by atoms with Gasteiger partial charge in [0.2, 0.25) is 5.88 Å². The maximum atomic E-state index is 13.4. The van der Waals surface area contributed by atoms with Crippen molar-refractivity contribution in [3.63, 3.8) is 0 Å². The van der Waals surface area contributed by atoms with Gasteiger partial charge in [0.1, 0.15) is 20.4 Å². The average Bonchev–Trinajstić information content (AvgIpc) is 3.69. The van der Waals surface area contributed by atoms with Gasteiger partial charge >= 0.3 is 5.97 Å². The van der Waals surface area contributed by atoms with Gasteiger partial charge in [-0.1, -0.05) is 133 Å². The van der Waals surface area contributed by atoms with E-state index in [4.69, 9.17) is 12.2 Å². The zero-order valence-electron chi connectivity index (χ0n) is 28.9. The van der Waals surface area contributed by atoms with Crippen molar-refractivity contribution < 1.29 is 24.8 Å². The number of amides is 1. The van der Waals surface area contributed by atoms with Crippen LogP contribution in [-0.2, 0) is 14.5 Å². The monoisotopic (exact) mass is 781 g/mol. The molecule has 272 valence electrons. The number of carboxylic acids is 1. The van der Waals surface area contributed by atoms with Crippen LogP contribution in [0.1, 0.15) is 5.56 Å². The number of carbonyl (C=O) groups excluding carboxylic acids is 1. The van der Waals surface area contributed by atoms with E-state index in [1.165, 1.54) is 0 Å². The summed E-state index contributed by atoms with van der Waals surface area (Å²) < 4.78 is 1.31. The van der Waals surface area contributed by atoms with E-state index in [9.17, 15) is 24.7 Å². The predicted molar refractivity (Wildman–Crippen MR) is 225 cm³/mol. The van der Waals surface area contributed by atoms with Crippen LogP contribution >= 0.6 is 35.3 Å². The number of carboxylic acid groups (broad SMARTS) is 1. The van der Waals surface area contributed by atoms with Crippen molar-refractivity contribution in [1.82, 2.24) is 9.47 Å². The lowest BCUT2D eigenvalue weighted by Gasteiger charge is -2.26. The van der Waals surface area contributed by atoms with Crippen LogP contribution in [0.3, 0.4) is 0 Å². The van der Waals surface area contributed by atoms with E-state index in [-0.39, 0.29) is 18.4 Å². The second-order valence-corrected chi connectivity index (χ2v) is 14.8. The van der Waals surface area contributed by atoms with Crippen LogP contribution in [0.2, 0.25) is 0 Å². The standard InChI is InChI=1S/C43H31N3O6S3/c1-28(52-51)45-40(49)37(54-42(45)39-41(50)44(27-38(47)48)43(53)55-39)14-8-9-29-15-21-34(22-16-29)46(35-23-17-32(18-24-35)30-10-4-2-5-11-30)36-25-19-33(20-26-36)31-12-6-3-7-13-31/h2-26,51H,1,27H2,(H,47,48)/b9-8+,37-14+,42-39+. The van der Waals surface area contributed by atoms with E-state index >= 15 is 0 Å². The highest BCUT2D eigenvalue weighted by molar-refractivity contribution is 8.30. The summed E-state index contributed by atoms with van der Waals surface area (Å²) in [5.74, 6) is -2.33. The van der Waals surface area contributed by atoms with Gasteiger partial charge in [0.15, 0.2) is 0 Å². The smallest absolute Gasteiger partial charge is 0.323 e. The van der Waals surface area contributed by atoms with Gasteiger partial charge in [0, 0.05) is 17.1 Å². The van der Waals surface area contributed by atoms with Gasteiger partial charge in [-0.25, -0.2) is 9.82 Å². The molecule has 0 aliphatic carbocycles. The average molecular weight is 782 g/mol. The predicted octanol–water partition coefficient (Wildman–Crippen LogP) is 8.18. The van der Waals surface area contributed by atoms with E-state index in [1.807, 2.05) is 66.7 Å². The Kier molecular flexibility index (Phi) is 11.0. The van der Waals surface area contributed by atoms with E-state index in [0.29, 0.717) is 0 Å². The molecule has 6 aromatic rings. The summed E-state index contributed by atoms with van der Waals surface area (Å²) in [5, 5.41) is 18.5. The number of thioether (sulfide) groups is 1. The molecule has 2 heterocycles. The highest BCUT2D eigenvalue weighted by Crippen LogP contribution is 2.37. The Bertz CT molecular complexity index is 2540. The number of benzene rings is 5. The van der Waals surface area contributed by atoms with Gasteiger partial charge in [-0.3, -0.25) is 19.3 Å². The lowest BCUT2D eigenvalue weighted by Crippen LogP contribution is -2.35. The summed E-state index contributed by atoms with van der Waals surface area (Å²) in [6.07, 6.45) is 5.12. The summed E-state index contributed by atoms with van der Waals surface area (Å²) in [6.45, 7) is 2.95. The molecule has 0 radical (unpaired) electrons. The number of anilines is 3. The molecule has 7 rings (SSSR count). The molecule has 0 spiro atoms. The maximum Gasteiger partial charge on any atom is 0.323 e. The second-order valence-electron chi connectivity index (χ2n) is 12.2. The van der Waals surface area contributed by atoms with E-state index in [2.05, 4.69) is 89.2 Å². The molecule has 1 fully saturated rings. The highest BCUT2D eigenvalue weighted by atomic mass is 32.2. The topological polar surface area (TPSA) is 112 Å². The summed E-state index contributed by atoms with van der Waals surface area (Å²) in [6, 6.07) is 45.4. The van der Waals surface area contributed by atoms with Crippen molar-refractivity contribution >= 4 is 91.5 Å². The lowest BCUT2D eigenvalue weighted by atomic mass is 10.0. The third-order valence-corrected chi connectivity index (χ3v) is 11.3. The van der Waals surface area contributed by atoms with Crippen molar-refractivity contribution in [2.75, 3.05) is 11.4 Å².